The summed E-state index contributed by atoms with van der Waals surface area (Å²) in [5.74, 6) is 0. The molecule has 0 amide bonds. The Labute approximate surface area is 86.1 Å². The van der Waals surface area contributed by atoms with Crippen LogP contribution in [0.15, 0.2) is 41.9 Å². The highest BCUT2D eigenvalue weighted by Gasteiger charge is 2.06. The number of hydrogen-bond donors (Lipinski definition) is 2. The number of rotatable bonds is 3. The fraction of sp³-hybridized carbons (Fsp3) is 0.100. The van der Waals surface area contributed by atoms with E-state index in [0.717, 1.165) is 10.7 Å². The van der Waals surface area contributed by atoms with Gasteiger partial charge in [-0.05, 0) is 0 Å². The third kappa shape index (κ3) is 2.10. The van der Waals surface area contributed by atoms with Gasteiger partial charge in [0.15, 0.2) is 11.4 Å². The fourth-order valence-corrected chi connectivity index (χ4v) is 1.68. The molecule has 0 fully saturated rings. The van der Waals surface area contributed by atoms with Crippen molar-refractivity contribution in [2.75, 3.05) is 5.32 Å². The molecule has 4 heteroatoms. The topological polar surface area (TPSA) is 45.1 Å². The Kier molecular flexibility index (Phi) is 2.76. The lowest BCUT2D eigenvalue weighted by Crippen LogP contribution is -2.08. The molecule has 0 unspecified atom stereocenters. The van der Waals surface area contributed by atoms with Crippen LogP contribution < -0.4 is 5.32 Å². The Morgan fingerprint density at radius 1 is 1.29 bits per heavy atom. The Bertz CT molecular complexity index is 374. The van der Waals surface area contributed by atoms with Gasteiger partial charge in [0, 0.05) is 17.1 Å². The summed E-state index contributed by atoms with van der Waals surface area (Å²) in [7, 11) is 0. The normalized spacial score (nSPS) is 12.4. The molecule has 0 spiro atoms. The van der Waals surface area contributed by atoms with E-state index in [-0.39, 0.29) is 0 Å². The van der Waals surface area contributed by atoms with E-state index in [0.29, 0.717) is 0 Å². The molecular weight excluding hydrogens is 196 g/mol. The molecule has 0 saturated heterocycles. The predicted octanol–water partition coefficient (Wildman–Crippen LogP) is 2.25. The molecule has 2 N–H and O–H groups in total. The van der Waals surface area contributed by atoms with Crippen molar-refractivity contribution in [3.63, 3.8) is 0 Å². The van der Waals surface area contributed by atoms with Gasteiger partial charge in [-0.1, -0.05) is 30.3 Å². The van der Waals surface area contributed by atoms with Crippen LogP contribution in [0, 0.1) is 0 Å². The van der Waals surface area contributed by atoms with Crippen LogP contribution in [-0.4, -0.2) is 10.1 Å². The van der Waals surface area contributed by atoms with Crippen LogP contribution in [0.4, 0.5) is 5.13 Å². The minimum Gasteiger partial charge on any atom is -0.369 e. The lowest BCUT2D eigenvalue weighted by atomic mass is 10.2. The molecule has 1 atom stereocenters. The van der Waals surface area contributed by atoms with E-state index in [2.05, 4.69) is 10.3 Å². The van der Waals surface area contributed by atoms with Crippen LogP contribution in [-0.2, 0) is 0 Å². The van der Waals surface area contributed by atoms with E-state index in [1.807, 2.05) is 35.7 Å². The van der Waals surface area contributed by atoms with Gasteiger partial charge in [-0.15, -0.1) is 11.3 Å². The molecular formula is C10H10N2OS. The van der Waals surface area contributed by atoms with E-state index in [4.69, 9.17) is 0 Å². The summed E-state index contributed by atoms with van der Waals surface area (Å²) in [6, 6.07) is 9.43. The highest BCUT2D eigenvalue weighted by molar-refractivity contribution is 7.13. The van der Waals surface area contributed by atoms with Crippen molar-refractivity contribution in [1.29, 1.82) is 0 Å². The number of aliphatic hydroxyl groups excluding tert-OH is 1. The maximum Gasteiger partial charge on any atom is 0.184 e. The lowest BCUT2D eigenvalue weighted by Gasteiger charge is -2.11. The summed E-state index contributed by atoms with van der Waals surface area (Å²) in [4.78, 5) is 4.03. The second-order valence-corrected chi connectivity index (χ2v) is 3.69. The molecule has 0 aliphatic rings. The van der Waals surface area contributed by atoms with Crippen molar-refractivity contribution in [3.8, 4) is 0 Å². The Morgan fingerprint density at radius 2 is 2.07 bits per heavy atom. The third-order valence-electron chi connectivity index (χ3n) is 1.81. The van der Waals surface area contributed by atoms with Crippen LogP contribution in [0.25, 0.3) is 0 Å². The van der Waals surface area contributed by atoms with Crippen molar-refractivity contribution in [2.24, 2.45) is 0 Å². The van der Waals surface area contributed by atoms with Crippen molar-refractivity contribution in [2.45, 2.75) is 6.23 Å². The molecule has 1 aromatic heterocycles. The quantitative estimate of drug-likeness (QED) is 0.757. The zero-order valence-corrected chi connectivity index (χ0v) is 8.24. The van der Waals surface area contributed by atoms with Crippen molar-refractivity contribution in [3.05, 3.63) is 47.5 Å². The highest BCUT2D eigenvalue weighted by Crippen LogP contribution is 2.18. The van der Waals surface area contributed by atoms with Gasteiger partial charge in [0.05, 0.1) is 0 Å². The van der Waals surface area contributed by atoms with Gasteiger partial charge in [-0.25, -0.2) is 4.98 Å². The van der Waals surface area contributed by atoms with Crippen LogP contribution >= 0.6 is 11.3 Å². The number of nitrogens with one attached hydrogen (secondary N) is 1. The second kappa shape index (κ2) is 4.21. The number of anilines is 1. The van der Waals surface area contributed by atoms with Gasteiger partial charge in [0.25, 0.3) is 0 Å². The average molecular weight is 206 g/mol. The summed E-state index contributed by atoms with van der Waals surface area (Å²) < 4.78 is 0. The lowest BCUT2D eigenvalue weighted by molar-refractivity contribution is 0.208. The largest absolute Gasteiger partial charge is 0.369 e. The monoisotopic (exact) mass is 206 g/mol. The smallest absolute Gasteiger partial charge is 0.184 e. The molecule has 0 aliphatic carbocycles. The van der Waals surface area contributed by atoms with Crippen molar-refractivity contribution < 1.29 is 5.11 Å². The molecule has 0 bridgehead atoms. The Balaban J connectivity index is 2.07. The minimum atomic E-state index is -0.692. The summed E-state index contributed by atoms with van der Waals surface area (Å²) in [6.07, 6.45) is 1.01. The third-order valence-corrected chi connectivity index (χ3v) is 2.51. The first-order chi connectivity index (χ1) is 6.86. The van der Waals surface area contributed by atoms with E-state index < -0.39 is 6.23 Å². The Morgan fingerprint density at radius 3 is 2.71 bits per heavy atom. The van der Waals surface area contributed by atoms with Crippen LogP contribution in [0.2, 0.25) is 0 Å². The van der Waals surface area contributed by atoms with Gasteiger partial charge in [-0.2, -0.15) is 0 Å². The van der Waals surface area contributed by atoms with E-state index in [1.165, 1.54) is 11.3 Å². The second-order valence-electron chi connectivity index (χ2n) is 2.79. The van der Waals surface area contributed by atoms with Gasteiger partial charge >= 0.3 is 0 Å². The molecule has 0 radical (unpaired) electrons. The number of thiazole rings is 1. The van der Waals surface area contributed by atoms with Crippen LogP contribution in [0.5, 0.6) is 0 Å². The maximum absolute atomic E-state index is 9.75. The van der Waals surface area contributed by atoms with E-state index in [9.17, 15) is 5.11 Å². The van der Waals surface area contributed by atoms with Gasteiger partial charge in [0.2, 0.25) is 0 Å². The average Bonchev–Trinajstić information content (AvgIpc) is 2.72. The van der Waals surface area contributed by atoms with Crippen LogP contribution in [0.3, 0.4) is 0 Å². The highest BCUT2D eigenvalue weighted by atomic mass is 32.1. The first-order valence-corrected chi connectivity index (χ1v) is 5.13. The van der Waals surface area contributed by atoms with E-state index in [1.54, 1.807) is 6.20 Å². The van der Waals surface area contributed by atoms with E-state index >= 15 is 0 Å². The predicted molar refractivity (Wildman–Crippen MR) is 57.1 cm³/mol. The molecule has 14 heavy (non-hydrogen) atoms. The van der Waals surface area contributed by atoms with Gasteiger partial charge in [0.1, 0.15) is 0 Å². The number of aliphatic hydroxyl groups is 1. The summed E-state index contributed by atoms with van der Waals surface area (Å²) in [6.45, 7) is 0. The zero-order valence-electron chi connectivity index (χ0n) is 7.42. The molecule has 2 aromatic rings. The molecule has 2 rings (SSSR count). The summed E-state index contributed by atoms with van der Waals surface area (Å²) in [5, 5.41) is 15.2. The maximum atomic E-state index is 9.75. The van der Waals surface area contributed by atoms with Gasteiger partial charge < -0.3 is 10.4 Å². The number of benzene rings is 1. The molecule has 72 valence electrons. The standard InChI is InChI=1S/C10H10N2OS/c13-9(8-4-2-1-3-5-8)12-10-11-6-7-14-10/h1-7,9,13H,(H,11,12)/t9-/m1/s1. The summed E-state index contributed by atoms with van der Waals surface area (Å²) in [5.41, 5.74) is 0.836. The minimum absolute atomic E-state index is 0.692. The number of aromatic nitrogens is 1. The van der Waals surface area contributed by atoms with Crippen LogP contribution in [0.1, 0.15) is 11.8 Å². The number of hydrogen-bond acceptors (Lipinski definition) is 4. The first-order valence-electron chi connectivity index (χ1n) is 4.25. The van der Waals surface area contributed by atoms with Crippen molar-refractivity contribution >= 4 is 16.5 Å². The first kappa shape index (κ1) is 9.18. The summed E-state index contributed by atoms with van der Waals surface area (Å²) >= 11 is 1.46. The molecule has 0 saturated carbocycles. The molecule has 0 aliphatic heterocycles. The molecule has 1 aromatic carbocycles. The SMILES string of the molecule is O[C@@H](Nc1nccs1)c1ccccc1. The Hall–Kier alpha value is -1.39. The van der Waals surface area contributed by atoms with Gasteiger partial charge in [-0.3, -0.25) is 0 Å². The molecule has 3 nitrogen and oxygen atoms in total. The van der Waals surface area contributed by atoms with Crippen molar-refractivity contribution in [1.82, 2.24) is 4.98 Å². The zero-order chi connectivity index (χ0) is 9.80. The molecule has 1 heterocycles. The number of nitrogens with zero attached hydrogens (tertiary/aromatic N) is 1. The fourth-order valence-electron chi connectivity index (χ4n) is 1.13.